The number of benzene rings is 1. The highest BCUT2D eigenvalue weighted by molar-refractivity contribution is 6.31. The molecule has 0 aliphatic carbocycles. The van der Waals surface area contributed by atoms with E-state index in [-0.39, 0.29) is 5.56 Å². The van der Waals surface area contributed by atoms with E-state index >= 15 is 0 Å². The molecule has 0 atom stereocenters. The van der Waals surface area contributed by atoms with Gasteiger partial charge in [0, 0.05) is 18.6 Å². The van der Waals surface area contributed by atoms with Gasteiger partial charge in [0.05, 0.1) is 11.3 Å². The van der Waals surface area contributed by atoms with Crippen molar-refractivity contribution in [3.05, 3.63) is 28.8 Å². The van der Waals surface area contributed by atoms with Crippen LogP contribution in [0.1, 0.15) is 17.3 Å². The average molecular weight is 214 g/mol. The fourth-order valence-corrected chi connectivity index (χ4v) is 1.35. The number of aromatic carboxylic acids is 1. The Morgan fingerprint density at radius 3 is 2.71 bits per heavy atom. The molecule has 3 nitrogen and oxygen atoms in total. The molecule has 4 heteroatoms. The Morgan fingerprint density at radius 1 is 1.57 bits per heavy atom. The minimum Gasteiger partial charge on any atom is -0.478 e. The van der Waals surface area contributed by atoms with E-state index in [1.165, 1.54) is 6.07 Å². The molecule has 0 unspecified atom stereocenters. The Kier molecular flexibility index (Phi) is 3.36. The smallest absolute Gasteiger partial charge is 0.337 e. The Morgan fingerprint density at radius 2 is 2.21 bits per heavy atom. The van der Waals surface area contributed by atoms with Gasteiger partial charge in [0.15, 0.2) is 0 Å². The molecule has 1 aromatic rings. The minimum absolute atomic E-state index is 0.238. The maximum atomic E-state index is 10.9. The van der Waals surface area contributed by atoms with Gasteiger partial charge in [0.1, 0.15) is 0 Å². The number of carbonyl (C=O) groups is 1. The second-order valence-corrected chi connectivity index (χ2v) is 3.42. The van der Waals surface area contributed by atoms with Crippen LogP contribution in [-0.4, -0.2) is 24.7 Å². The van der Waals surface area contributed by atoms with E-state index in [4.69, 9.17) is 16.7 Å². The van der Waals surface area contributed by atoms with Crippen LogP contribution in [0.25, 0.3) is 0 Å². The predicted octanol–water partition coefficient (Wildman–Crippen LogP) is 2.49. The summed E-state index contributed by atoms with van der Waals surface area (Å²) in [4.78, 5) is 12.8. The van der Waals surface area contributed by atoms with Gasteiger partial charge in [-0.25, -0.2) is 4.79 Å². The van der Waals surface area contributed by atoms with Gasteiger partial charge >= 0.3 is 5.97 Å². The maximum Gasteiger partial charge on any atom is 0.337 e. The van der Waals surface area contributed by atoms with Gasteiger partial charge in [-0.2, -0.15) is 0 Å². The number of carboxylic acid groups (broad SMARTS) is 1. The zero-order chi connectivity index (χ0) is 10.7. The summed E-state index contributed by atoms with van der Waals surface area (Å²) in [5.74, 6) is -0.956. The number of hydrogen-bond acceptors (Lipinski definition) is 2. The Balaban J connectivity index is 3.21. The molecule has 0 aromatic heterocycles. The van der Waals surface area contributed by atoms with Crippen molar-refractivity contribution in [1.29, 1.82) is 0 Å². The van der Waals surface area contributed by atoms with Crippen molar-refractivity contribution in [2.24, 2.45) is 0 Å². The molecule has 0 bridgehead atoms. The molecular formula is C10H12ClNO2. The first-order chi connectivity index (χ1) is 6.56. The lowest BCUT2D eigenvalue weighted by molar-refractivity contribution is 0.0697. The van der Waals surface area contributed by atoms with Gasteiger partial charge in [0.25, 0.3) is 0 Å². The molecule has 1 rings (SSSR count). The van der Waals surface area contributed by atoms with Gasteiger partial charge < -0.3 is 10.0 Å². The molecule has 0 radical (unpaired) electrons. The highest BCUT2D eigenvalue weighted by Crippen LogP contribution is 2.23. The van der Waals surface area contributed by atoms with Gasteiger partial charge in [-0.15, -0.1) is 0 Å². The lowest BCUT2D eigenvalue weighted by Gasteiger charge is -2.18. The minimum atomic E-state index is -0.956. The van der Waals surface area contributed by atoms with Crippen molar-refractivity contribution in [2.75, 3.05) is 18.5 Å². The molecular weight excluding hydrogens is 202 g/mol. The van der Waals surface area contributed by atoms with Gasteiger partial charge in [0.2, 0.25) is 0 Å². The first-order valence-corrected chi connectivity index (χ1v) is 4.68. The zero-order valence-corrected chi connectivity index (χ0v) is 8.88. The molecule has 0 spiro atoms. The van der Waals surface area contributed by atoms with Crippen molar-refractivity contribution in [1.82, 2.24) is 0 Å². The number of hydrogen-bond donors (Lipinski definition) is 1. The van der Waals surface area contributed by atoms with E-state index in [1.54, 1.807) is 12.1 Å². The largest absolute Gasteiger partial charge is 0.478 e. The lowest BCUT2D eigenvalue weighted by Crippen LogP contribution is -2.18. The van der Waals surface area contributed by atoms with Crippen LogP contribution in [0.3, 0.4) is 0 Å². The first-order valence-electron chi connectivity index (χ1n) is 4.30. The summed E-state index contributed by atoms with van der Waals surface area (Å²) in [7, 11) is 1.84. The number of rotatable bonds is 3. The Bertz CT molecular complexity index is 352. The third-order valence-electron chi connectivity index (χ3n) is 2.07. The molecule has 0 amide bonds. The van der Waals surface area contributed by atoms with E-state index < -0.39 is 5.97 Å². The van der Waals surface area contributed by atoms with Crippen molar-refractivity contribution in [3.8, 4) is 0 Å². The van der Waals surface area contributed by atoms with E-state index in [1.807, 2.05) is 18.9 Å². The fourth-order valence-electron chi connectivity index (χ4n) is 1.18. The highest BCUT2D eigenvalue weighted by atomic mass is 35.5. The summed E-state index contributed by atoms with van der Waals surface area (Å²) >= 11 is 5.73. The molecule has 0 fully saturated rings. The van der Waals surface area contributed by atoms with Crippen LogP contribution in [0.2, 0.25) is 5.02 Å². The summed E-state index contributed by atoms with van der Waals surface area (Å²) in [6.07, 6.45) is 0. The fraction of sp³-hybridized carbons (Fsp3) is 0.300. The normalized spacial score (nSPS) is 9.93. The summed E-state index contributed by atoms with van der Waals surface area (Å²) in [5, 5.41) is 9.39. The van der Waals surface area contributed by atoms with E-state index in [9.17, 15) is 4.79 Å². The van der Waals surface area contributed by atoms with E-state index in [0.717, 1.165) is 6.54 Å². The average Bonchev–Trinajstić information content (AvgIpc) is 2.16. The van der Waals surface area contributed by atoms with Crippen molar-refractivity contribution in [3.63, 3.8) is 0 Å². The molecule has 0 heterocycles. The Labute approximate surface area is 87.9 Å². The van der Waals surface area contributed by atoms with Crippen LogP contribution in [0.15, 0.2) is 18.2 Å². The number of halogens is 1. The van der Waals surface area contributed by atoms with Gasteiger partial charge in [-0.3, -0.25) is 0 Å². The first kappa shape index (κ1) is 10.9. The number of anilines is 1. The molecule has 76 valence electrons. The predicted molar refractivity (Wildman–Crippen MR) is 57.4 cm³/mol. The van der Waals surface area contributed by atoms with E-state index in [2.05, 4.69) is 0 Å². The maximum absolute atomic E-state index is 10.9. The quantitative estimate of drug-likeness (QED) is 0.839. The highest BCUT2D eigenvalue weighted by Gasteiger charge is 2.12. The Hall–Kier alpha value is -1.22. The van der Waals surface area contributed by atoms with Crippen LogP contribution >= 0.6 is 11.6 Å². The van der Waals surface area contributed by atoms with Crippen LogP contribution in [-0.2, 0) is 0 Å². The number of carboxylic acids is 1. The van der Waals surface area contributed by atoms with Crippen LogP contribution in [0, 0.1) is 0 Å². The molecule has 1 aromatic carbocycles. The molecule has 14 heavy (non-hydrogen) atoms. The second kappa shape index (κ2) is 4.33. The molecule has 0 saturated heterocycles. The zero-order valence-electron chi connectivity index (χ0n) is 8.12. The number of nitrogens with zero attached hydrogens (tertiary/aromatic N) is 1. The van der Waals surface area contributed by atoms with Crippen LogP contribution in [0.5, 0.6) is 0 Å². The molecule has 0 aliphatic heterocycles. The van der Waals surface area contributed by atoms with Gasteiger partial charge in [-0.05, 0) is 25.1 Å². The summed E-state index contributed by atoms with van der Waals surface area (Å²) in [5.41, 5.74) is 0.922. The lowest BCUT2D eigenvalue weighted by atomic mass is 10.1. The molecule has 0 aliphatic rings. The van der Waals surface area contributed by atoms with Crippen LogP contribution in [0.4, 0.5) is 5.69 Å². The SMILES string of the molecule is CCN(C)c1ccc(Cl)cc1C(=O)O. The molecule has 0 saturated carbocycles. The van der Waals surface area contributed by atoms with Gasteiger partial charge in [-0.1, -0.05) is 11.6 Å². The third kappa shape index (κ3) is 2.17. The third-order valence-corrected chi connectivity index (χ3v) is 2.31. The van der Waals surface area contributed by atoms with Crippen molar-refractivity contribution >= 4 is 23.3 Å². The topological polar surface area (TPSA) is 40.5 Å². The van der Waals surface area contributed by atoms with E-state index in [0.29, 0.717) is 10.7 Å². The monoisotopic (exact) mass is 213 g/mol. The summed E-state index contributed by atoms with van der Waals surface area (Å²) < 4.78 is 0. The standard InChI is InChI=1S/C10H12ClNO2/c1-3-12(2)9-5-4-7(11)6-8(9)10(13)14/h4-6H,3H2,1-2H3,(H,13,14). The molecule has 1 N–H and O–H groups in total. The summed E-state index contributed by atoms with van der Waals surface area (Å²) in [6.45, 7) is 2.71. The summed E-state index contributed by atoms with van der Waals surface area (Å²) in [6, 6.07) is 4.87. The van der Waals surface area contributed by atoms with Crippen molar-refractivity contribution < 1.29 is 9.90 Å². The second-order valence-electron chi connectivity index (χ2n) is 2.98. The van der Waals surface area contributed by atoms with Crippen LogP contribution < -0.4 is 4.90 Å². The van der Waals surface area contributed by atoms with Crippen molar-refractivity contribution in [2.45, 2.75) is 6.92 Å².